The zero-order valence-electron chi connectivity index (χ0n) is 17.2. The molecule has 0 radical (unpaired) electrons. The lowest BCUT2D eigenvalue weighted by Crippen LogP contribution is -2.30. The van der Waals surface area contributed by atoms with Gasteiger partial charge in [-0.2, -0.15) is 0 Å². The third-order valence-electron chi connectivity index (χ3n) is 5.69. The molecular weight excluding hydrogens is 342 g/mol. The van der Waals surface area contributed by atoms with Crippen LogP contribution in [0.4, 0.5) is 0 Å². The van der Waals surface area contributed by atoms with Gasteiger partial charge in [0.15, 0.2) is 0 Å². The third kappa shape index (κ3) is 6.70. The Bertz CT molecular complexity index is 648. The highest BCUT2D eigenvalue weighted by Gasteiger charge is 2.30. The lowest BCUT2D eigenvalue weighted by atomic mass is 9.68. The fraction of sp³-hybridized carbons (Fsp3) is 0.727. The summed E-state index contributed by atoms with van der Waals surface area (Å²) in [5, 5.41) is 0. The molecule has 0 aliphatic heterocycles. The molecule has 0 aromatic heterocycles. The average Bonchev–Trinajstić information content (AvgIpc) is 2.53. The van der Waals surface area contributed by atoms with E-state index in [-0.39, 0.29) is 11.7 Å². The second kappa shape index (κ2) is 8.88. The SMILES string of the molecule is CC(C)CS(=O)(=O)NCCc1ccc(C2CCC(C(C)(C)C)CC2)cc1. The van der Waals surface area contributed by atoms with Crippen LogP contribution in [-0.4, -0.2) is 20.7 Å². The summed E-state index contributed by atoms with van der Waals surface area (Å²) in [5.74, 6) is 1.88. The molecule has 1 N–H and O–H groups in total. The minimum absolute atomic E-state index is 0.153. The van der Waals surface area contributed by atoms with Crippen molar-refractivity contribution in [3.8, 4) is 0 Å². The average molecular weight is 380 g/mol. The van der Waals surface area contributed by atoms with Gasteiger partial charge in [-0.3, -0.25) is 0 Å². The predicted molar refractivity (Wildman–Crippen MR) is 111 cm³/mol. The van der Waals surface area contributed by atoms with Crippen LogP contribution in [0, 0.1) is 17.3 Å². The molecule has 1 saturated carbocycles. The minimum atomic E-state index is -3.14. The van der Waals surface area contributed by atoms with Crippen LogP contribution in [0.2, 0.25) is 0 Å². The van der Waals surface area contributed by atoms with Crippen LogP contribution in [0.25, 0.3) is 0 Å². The number of sulfonamides is 1. The summed E-state index contributed by atoms with van der Waals surface area (Å²) in [6.07, 6.45) is 5.97. The normalized spacial score (nSPS) is 21.9. The molecule has 4 heteroatoms. The van der Waals surface area contributed by atoms with Gasteiger partial charge in [-0.05, 0) is 66.4 Å². The van der Waals surface area contributed by atoms with Crippen molar-refractivity contribution < 1.29 is 8.42 Å². The van der Waals surface area contributed by atoms with Crippen LogP contribution < -0.4 is 4.72 Å². The van der Waals surface area contributed by atoms with Crippen molar-refractivity contribution in [2.24, 2.45) is 17.3 Å². The first-order valence-electron chi connectivity index (χ1n) is 10.1. The molecule has 0 atom stereocenters. The van der Waals surface area contributed by atoms with E-state index in [0.717, 1.165) is 12.3 Å². The van der Waals surface area contributed by atoms with Gasteiger partial charge in [0, 0.05) is 6.54 Å². The van der Waals surface area contributed by atoms with E-state index in [2.05, 4.69) is 49.8 Å². The van der Waals surface area contributed by atoms with Crippen LogP contribution in [0.3, 0.4) is 0 Å². The topological polar surface area (TPSA) is 46.2 Å². The van der Waals surface area contributed by atoms with E-state index in [4.69, 9.17) is 0 Å². The van der Waals surface area contributed by atoms with Gasteiger partial charge in [0.05, 0.1) is 5.75 Å². The molecule has 0 bridgehead atoms. The van der Waals surface area contributed by atoms with Crippen molar-refractivity contribution in [3.63, 3.8) is 0 Å². The smallest absolute Gasteiger partial charge is 0.211 e. The van der Waals surface area contributed by atoms with Gasteiger partial charge in [0.2, 0.25) is 10.0 Å². The predicted octanol–water partition coefficient (Wildman–Crippen LogP) is 5.12. The van der Waals surface area contributed by atoms with E-state index in [1.54, 1.807) is 0 Å². The van der Waals surface area contributed by atoms with E-state index in [0.29, 0.717) is 17.9 Å². The molecule has 26 heavy (non-hydrogen) atoms. The molecule has 1 aromatic carbocycles. The van der Waals surface area contributed by atoms with E-state index in [1.807, 2.05) is 13.8 Å². The maximum absolute atomic E-state index is 11.9. The minimum Gasteiger partial charge on any atom is -0.215 e. The van der Waals surface area contributed by atoms with Gasteiger partial charge in [0.1, 0.15) is 0 Å². The second-order valence-electron chi connectivity index (χ2n) is 9.48. The first kappa shape index (κ1) is 21.4. The standard InChI is InChI=1S/C22H37NO2S/c1-17(2)16-26(24,25)23-15-14-18-6-8-19(9-7-18)20-10-12-21(13-11-20)22(3,4)5/h6-9,17,20-21,23H,10-16H2,1-5H3. The molecule has 0 unspecified atom stereocenters. The highest BCUT2D eigenvalue weighted by Crippen LogP contribution is 2.43. The number of benzene rings is 1. The summed E-state index contributed by atoms with van der Waals surface area (Å²) < 4.78 is 26.5. The largest absolute Gasteiger partial charge is 0.215 e. The lowest BCUT2D eigenvalue weighted by molar-refractivity contribution is 0.169. The molecule has 0 saturated heterocycles. The Morgan fingerprint density at radius 2 is 1.62 bits per heavy atom. The fourth-order valence-corrected chi connectivity index (χ4v) is 5.51. The van der Waals surface area contributed by atoms with Crippen molar-refractivity contribution in [1.29, 1.82) is 0 Å². The van der Waals surface area contributed by atoms with Gasteiger partial charge < -0.3 is 0 Å². The molecule has 0 heterocycles. The van der Waals surface area contributed by atoms with Crippen LogP contribution in [0.15, 0.2) is 24.3 Å². The van der Waals surface area contributed by atoms with Crippen molar-refractivity contribution in [2.45, 2.75) is 72.6 Å². The van der Waals surface area contributed by atoms with Crippen molar-refractivity contribution >= 4 is 10.0 Å². The summed E-state index contributed by atoms with van der Waals surface area (Å²) in [6.45, 7) is 11.4. The van der Waals surface area contributed by atoms with Crippen molar-refractivity contribution in [2.75, 3.05) is 12.3 Å². The van der Waals surface area contributed by atoms with Crippen LogP contribution in [0.5, 0.6) is 0 Å². The summed E-state index contributed by atoms with van der Waals surface area (Å²) >= 11 is 0. The van der Waals surface area contributed by atoms with Crippen LogP contribution in [-0.2, 0) is 16.4 Å². The molecule has 1 aliphatic carbocycles. The van der Waals surface area contributed by atoms with E-state index < -0.39 is 10.0 Å². The van der Waals surface area contributed by atoms with Crippen molar-refractivity contribution in [1.82, 2.24) is 4.72 Å². The molecule has 1 fully saturated rings. The summed E-state index contributed by atoms with van der Waals surface area (Å²) in [5.41, 5.74) is 3.07. The first-order chi connectivity index (χ1) is 12.1. The lowest BCUT2D eigenvalue weighted by Gasteiger charge is -2.37. The van der Waals surface area contributed by atoms with Crippen LogP contribution >= 0.6 is 0 Å². The fourth-order valence-electron chi connectivity index (χ4n) is 4.10. The third-order valence-corrected chi connectivity index (χ3v) is 7.44. The molecule has 3 nitrogen and oxygen atoms in total. The van der Waals surface area contributed by atoms with Gasteiger partial charge >= 0.3 is 0 Å². The monoisotopic (exact) mass is 379 g/mol. The molecule has 1 aliphatic rings. The van der Waals surface area contributed by atoms with E-state index >= 15 is 0 Å². The maximum atomic E-state index is 11.9. The zero-order valence-corrected chi connectivity index (χ0v) is 18.0. The summed E-state index contributed by atoms with van der Waals surface area (Å²) in [7, 11) is -3.14. The second-order valence-corrected chi connectivity index (χ2v) is 11.3. The number of hydrogen-bond donors (Lipinski definition) is 1. The first-order valence-corrected chi connectivity index (χ1v) is 11.8. The number of rotatable bonds is 7. The Morgan fingerprint density at radius 1 is 1.04 bits per heavy atom. The Balaban J connectivity index is 1.82. The highest BCUT2D eigenvalue weighted by atomic mass is 32.2. The molecular formula is C22H37NO2S. The van der Waals surface area contributed by atoms with Gasteiger partial charge in [0.25, 0.3) is 0 Å². The van der Waals surface area contributed by atoms with Crippen LogP contribution in [0.1, 0.15) is 77.3 Å². The molecule has 0 spiro atoms. The molecule has 0 amide bonds. The summed E-state index contributed by atoms with van der Waals surface area (Å²) in [6, 6.07) is 8.84. The Morgan fingerprint density at radius 3 is 2.12 bits per heavy atom. The zero-order chi connectivity index (χ0) is 19.4. The quantitative estimate of drug-likeness (QED) is 0.714. The molecule has 1 aromatic rings. The Hall–Kier alpha value is -0.870. The van der Waals surface area contributed by atoms with Gasteiger partial charge in [-0.25, -0.2) is 13.1 Å². The molecule has 148 valence electrons. The van der Waals surface area contributed by atoms with E-state index in [9.17, 15) is 8.42 Å². The van der Waals surface area contributed by atoms with Gasteiger partial charge in [-0.1, -0.05) is 58.9 Å². The number of hydrogen-bond acceptors (Lipinski definition) is 2. The Labute approximate surface area is 161 Å². The Kier molecular flexibility index (Phi) is 7.32. The van der Waals surface area contributed by atoms with E-state index in [1.165, 1.54) is 36.8 Å². The number of nitrogens with one attached hydrogen (secondary N) is 1. The van der Waals surface area contributed by atoms with Gasteiger partial charge in [-0.15, -0.1) is 0 Å². The highest BCUT2D eigenvalue weighted by molar-refractivity contribution is 7.89. The molecule has 2 rings (SSSR count). The summed E-state index contributed by atoms with van der Waals surface area (Å²) in [4.78, 5) is 0. The maximum Gasteiger partial charge on any atom is 0.211 e. The van der Waals surface area contributed by atoms with Crippen molar-refractivity contribution in [3.05, 3.63) is 35.4 Å².